The molecule has 2 fully saturated rings. The number of rotatable bonds is 11. The van der Waals surface area contributed by atoms with Crippen LogP contribution in [0.5, 0.6) is 0 Å². The summed E-state index contributed by atoms with van der Waals surface area (Å²) in [6.07, 6.45) is 18.0. The second-order valence-corrected chi connectivity index (χ2v) is 12.8. The van der Waals surface area contributed by atoms with Gasteiger partial charge in [0.25, 0.3) is 6.29 Å². The summed E-state index contributed by atoms with van der Waals surface area (Å²) in [6.45, 7) is 4.11. The number of allylic oxidation sites excluding steroid dienone is 2. The van der Waals surface area contributed by atoms with Crippen molar-refractivity contribution < 1.29 is 15.0 Å². The van der Waals surface area contributed by atoms with Gasteiger partial charge < -0.3 is 15.5 Å². The van der Waals surface area contributed by atoms with Crippen molar-refractivity contribution in [3.63, 3.8) is 0 Å². The Morgan fingerprint density at radius 2 is 2.10 bits per heavy atom. The first-order valence-electron chi connectivity index (χ1n) is 12.1. The van der Waals surface area contributed by atoms with E-state index >= 15 is 0 Å². The fourth-order valence-corrected chi connectivity index (χ4v) is 8.01. The van der Waals surface area contributed by atoms with Crippen LogP contribution in [0.2, 0.25) is 0 Å². The highest BCUT2D eigenvalue weighted by Gasteiger charge is 2.37. The lowest BCUT2D eigenvalue weighted by molar-refractivity contribution is 0.0302. The summed E-state index contributed by atoms with van der Waals surface area (Å²) in [5.41, 5.74) is -0.0818. The van der Waals surface area contributed by atoms with Crippen LogP contribution in [0.1, 0.15) is 84.5 Å². The van der Waals surface area contributed by atoms with Gasteiger partial charge in [-0.05, 0) is 69.0 Å². The molecule has 0 spiro atoms. The van der Waals surface area contributed by atoms with Crippen LogP contribution in [0.25, 0.3) is 0 Å². The minimum absolute atomic E-state index is 0.181. The van der Waals surface area contributed by atoms with Gasteiger partial charge in [-0.3, -0.25) is 4.79 Å². The van der Waals surface area contributed by atoms with Gasteiger partial charge in [-0.25, -0.2) is 0 Å². The molecule has 31 heavy (non-hydrogen) atoms. The number of aliphatic hydroxyl groups is 2. The van der Waals surface area contributed by atoms with Crippen molar-refractivity contribution >= 4 is 29.8 Å². The van der Waals surface area contributed by atoms with E-state index < -0.39 is 5.60 Å². The van der Waals surface area contributed by atoms with Gasteiger partial charge >= 0.3 is 0 Å². The largest absolute Gasteiger partial charge is 0.393 e. The first-order valence-corrected chi connectivity index (χ1v) is 14.0. The van der Waals surface area contributed by atoms with Crippen molar-refractivity contribution in [2.45, 2.75) is 100 Å². The lowest BCUT2D eigenvalue weighted by Gasteiger charge is -2.30. The van der Waals surface area contributed by atoms with Gasteiger partial charge in [0.15, 0.2) is 0 Å². The maximum absolute atomic E-state index is 10.9. The molecular weight excluding hydrogens is 426 g/mol. The average Bonchev–Trinajstić information content (AvgIpc) is 3.33. The van der Waals surface area contributed by atoms with E-state index in [9.17, 15) is 15.0 Å². The molecule has 0 saturated heterocycles. The quantitative estimate of drug-likeness (QED) is 0.349. The van der Waals surface area contributed by atoms with Crippen LogP contribution in [-0.2, 0) is 4.79 Å². The van der Waals surface area contributed by atoms with Crippen LogP contribution in [0.3, 0.4) is 0 Å². The topological polar surface area (TPSA) is 69.6 Å². The Morgan fingerprint density at radius 1 is 1.32 bits per heavy atom. The fraction of sp³-hybridized carbons (Fsp3) is 0.800. The molecule has 0 aromatic rings. The predicted octanol–water partition coefficient (Wildman–Crippen LogP) is 5.52. The molecule has 1 radical (unpaired) electrons. The van der Waals surface area contributed by atoms with Gasteiger partial charge in [0, 0.05) is 5.41 Å². The third-order valence-corrected chi connectivity index (χ3v) is 10.4. The van der Waals surface area contributed by atoms with E-state index in [1.807, 2.05) is 30.4 Å². The molecule has 3 N–H and O–H groups in total. The monoisotopic (exact) mass is 466 g/mol. The molecule has 0 aromatic heterocycles. The molecule has 2 saturated carbocycles. The molecule has 6 heteroatoms. The standard InChI is InChI=1S/C25H40NO3S2/c1-3-25(26-21(17-27)18-31-25)30-15-13-22-20(11-12-23(22)28)10-7-14-24(2,29)16-19-8-5-4-6-9-19/h7,10,18-20,22-23,26,28-29H,3-6,8-9,11-16H2,1-2H3/b10-7+/t20-,22+,23-,24?,25?/m0/s1. The molecule has 175 valence electrons. The molecule has 3 rings (SSSR count). The van der Waals surface area contributed by atoms with E-state index in [2.05, 4.69) is 24.4 Å². The minimum atomic E-state index is -0.625. The highest BCUT2D eigenvalue weighted by atomic mass is 32.2. The fourth-order valence-electron chi connectivity index (χ4n) is 5.49. The van der Waals surface area contributed by atoms with Crippen molar-refractivity contribution in [3.05, 3.63) is 23.3 Å². The van der Waals surface area contributed by atoms with E-state index in [1.165, 1.54) is 32.1 Å². The summed E-state index contributed by atoms with van der Waals surface area (Å²) in [5.74, 6) is 2.28. The van der Waals surface area contributed by atoms with Crippen molar-refractivity contribution in [2.75, 3.05) is 5.75 Å². The number of carbonyl (C=O) groups excluding carboxylic acids is 1. The number of thioether (sulfide) groups is 2. The Bertz CT molecular complexity index is 645. The lowest BCUT2D eigenvalue weighted by atomic mass is 9.80. The van der Waals surface area contributed by atoms with Crippen molar-refractivity contribution in [2.24, 2.45) is 17.8 Å². The zero-order valence-corrected chi connectivity index (χ0v) is 20.8. The molecule has 0 amide bonds. The Hall–Kier alpha value is -0.430. The van der Waals surface area contributed by atoms with E-state index in [1.54, 1.807) is 11.8 Å². The maximum atomic E-state index is 10.9. The molecule has 5 atom stereocenters. The highest BCUT2D eigenvalue weighted by Crippen LogP contribution is 2.45. The van der Waals surface area contributed by atoms with E-state index in [-0.39, 0.29) is 16.2 Å². The van der Waals surface area contributed by atoms with Crippen LogP contribution in [0.15, 0.2) is 23.3 Å². The second-order valence-electron chi connectivity index (χ2n) is 9.93. The summed E-state index contributed by atoms with van der Waals surface area (Å²) >= 11 is 3.50. The Balaban J connectivity index is 1.45. The van der Waals surface area contributed by atoms with Gasteiger partial charge in [-0.15, -0.1) is 11.8 Å². The summed E-state index contributed by atoms with van der Waals surface area (Å²) in [6, 6.07) is 0. The third kappa shape index (κ3) is 7.28. The van der Waals surface area contributed by atoms with Gasteiger partial charge in [0.2, 0.25) is 0 Å². The van der Waals surface area contributed by atoms with Gasteiger partial charge in [-0.1, -0.05) is 62.9 Å². The van der Waals surface area contributed by atoms with Gasteiger partial charge in [0.1, 0.15) is 4.20 Å². The lowest BCUT2D eigenvalue weighted by Crippen LogP contribution is -2.34. The van der Waals surface area contributed by atoms with Crippen LogP contribution in [0, 0.1) is 17.8 Å². The molecule has 2 unspecified atom stereocenters. The summed E-state index contributed by atoms with van der Waals surface area (Å²) in [7, 11) is 0. The smallest absolute Gasteiger partial charge is 0.251 e. The number of aliphatic hydroxyl groups excluding tert-OH is 1. The molecule has 0 bridgehead atoms. The van der Waals surface area contributed by atoms with E-state index in [4.69, 9.17) is 0 Å². The Kier molecular flexibility index (Phi) is 9.45. The zero-order valence-electron chi connectivity index (χ0n) is 19.1. The third-order valence-electron chi connectivity index (χ3n) is 7.29. The number of hydrogen-bond donors (Lipinski definition) is 3. The van der Waals surface area contributed by atoms with Crippen LogP contribution < -0.4 is 5.32 Å². The van der Waals surface area contributed by atoms with E-state index in [0.717, 1.165) is 37.9 Å². The molecule has 2 aliphatic carbocycles. The zero-order chi connectivity index (χ0) is 22.3. The SMILES string of the molecule is CCC1(SCC[C@H]2[C@@H](O)CC[C@@H]2/C=C/CC(C)(O)CC2CCCCC2)NC([C]=O)=CS1. The summed E-state index contributed by atoms with van der Waals surface area (Å²) < 4.78 is -0.181. The maximum Gasteiger partial charge on any atom is 0.251 e. The molecule has 0 aromatic carbocycles. The first-order chi connectivity index (χ1) is 14.9. The second kappa shape index (κ2) is 11.6. The van der Waals surface area contributed by atoms with Crippen LogP contribution in [-0.4, -0.2) is 38.2 Å². The van der Waals surface area contributed by atoms with E-state index in [0.29, 0.717) is 24.0 Å². The molecule has 1 aliphatic heterocycles. The average molecular weight is 467 g/mol. The first kappa shape index (κ1) is 25.2. The normalized spacial score (nSPS) is 33.9. The van der Waals surface area contributed by atoms with Crippen molar-refractivity contribution in [1.29, 1.82) is 0 Å². The van der Waals surface area contributed by atoms with Gasteiger partial charge in [-0.2, -0.15) is 0 Å². The number of hydrogen-bond acceptors (Lipinski definition) is 6. The Morgan fingerprint density at radius 3 is 2.77 bits per heavy atom. The number of nitrogens with one attached hydrogen (secondary N) is 1. The van der Waals surface area contributed by atoms with Crippen molar-refractivity contribution in [3.8, 4) is 0 Å². The van der Waals surface area contributed by atoms with Crippen molar-refractivity contribution in [1.82, 2.24) is 5.32 Å². The Labute approximate surface area is 197 Å². The minimum Gasteiger partial charge on any atom is -0.393 e. The molecule has 1 heterocycles. The summed E-state index contributed by atoms with van der Waals surface area (Å²) in [4.78, 5) is 10.9. The molecular formula is C25H40NO3S2. The predicted molar refractivity (Wildman–Crippen MR) is 132 cm³/mol. The van der Waals surface area contributed by atoms with Crippen LogP contribution >= 0.6 is 23.5 Å². The highest BCUT2D eigenvalue weighted by molar-refractivity contribution is 8.19. The van der Waals surface area contributed by atoms with Crippen LogP contribution in [0.4, 0.5) is 0 Å². The summed E-state index contributed by atoms with van der Waals surface area (Å²) in [5, 5.41) is 26.6. The molecule has 3 aliphatic rings. The van der Waals surface area contributed by atoms with Gasteiger partial charge in [0.05, 0.1) is 17.4 Å². The molecule has 4 nitrogen and oxygen atoms in total.